The van der Waals surface area contributed by atoms with Gasteiger partial charge in [0.1, 0.15) is 11.8 Å². The lowest BCUT2D eigenvalue weighted by Crippen LogP contribution is -2.00. The van der Waals surface area contributed by atoms with Crippen LogP contribution in [-0.4, -0.2) is 18.3 Å². The second kappa shape index (κ2) is 5.34. The van der Waals surface area contributed by atoms with Gasteiger partial charge < -0.3 is 9.84 Å². The summed E-state index contributed by atoms with van der Waals surface area (Å²) >= 11 is 0. The Kier molecular flexibility index (Phi) is 4.10. The van der Waals surface area contributed by atoms with E-state index in [-0.39, 0.29) is 0 Å². The van der Waals surface area contributed by atoms with Crippen LogP contribution >= 0.6 is 0 Å². The molecule has 0 fully saturated rings. The second-order valence-electron chi connectivity index (χ2n) is 3.64. The Bertz CT molecular complexity index is 442. The Hall–Kier alpha value is -1.79. The van der Waals surface area contributed by atoms with Gasteiger partial charge in [-0.1, -0.05) is 12.1 Å². The highest BCUT2D eigenvalue weighted by atomic mass is 16.5. The van der Waals surface area contributed by atoms with E-state index in [1.54, 1.807) is 19.1 Å². The largest absolute Gasteiger partial charge is 0.495 e. The van der Waals surface area contributed by atoms with Gasteiger partial charge in [0, 0.05) is 0 Å². The van der Waals surface area contributed by atoms with Gasteiger partial charge in [-0.3, -0.25) is 0 Å². The van der Waals surface area contributed by atoms with Crippen molar-refractivity contribution < 1.29 is 9.84 Å². The molecular formula is C13H15NO2. The predicted octanol–water partition coefficient (Wildman–Crippen LogP) is 2.35. The van der Waals surface area contributed by atoms with Crippen molar-refractivity contribution in [1.82, 2.24) is 0 Å². The standard InChI is InChI=1S/C13H15NO2/c1-9(10(2)15)6-11-4-5-13(16-3)12(7-11)8-14/h4-7,10,15H,1-3H3/b9-6-. The minimum absolute atomic E-state index is 0.479. The molecule has 3 nitrogen and oxygen atoms in total. The van der Waals surface area contributed by atoms with Gasteiger partial charge in [-0.15, -0.1) is 0 Å². The first-order valence-corrected chi connectivity index (χ1v) is 5.03. The SMILES string of the molecule is COc1ccc(/C=C(/C)C(C)O)cc1C#N. The molecule has 0 bridgehead atoms. The van der Waals surface area contributed by atoms with Crippen LogP contribution in [-0.2, 0) is 0 Å². The Labute approximate surface area is 95.6 Å². The Morgan fingerprint density at radius 2 is 2.25 bits per heavy atom. The number of aliphatic hydroxyl groups excluding tert-OH is 1. The zero-order valence-electron chi connectivity index (χ0n) is 9.69. The summed E-state index contributed by atoms with van der Waals surface area (Å²) < 4.78 is 5.05. The van der Waals surface area contributed by atoms with E-state index in [0.717, 1.165) is 11.1 Å². The number of hydrogen-bond donors (Lipinski definition) is 1. The molecule has 1 unspecified atom stereocenters. The lowest BCUT2D eigenvalue weighted by Gasteiger charge is -2.06. The van der Waals surface area contributed by atoms with E-state index in [0.29, 0.717) is 11.3 Å². The average Bonchev–Trinajstić information content (AvgIpc) is 2.28. The van der Waals surface area contributed by atoms with Crippen LogP contribution in [0.15, 0.2) is 23.8 Å². The van der Waals surface area contributed by atoms with Crippen LogP contribution in [0.2, 0.25) is 0 Å². The van der Waals surface area contributed by atoms with Crippen LogP contribution in [0, 0.1) is 11.3 Å². The van der Waals surface area contributed by atoms with Gasteiger partial charge >= 0.3 is 0 Å². The topological polar surface area (TPSA) is 53.2 Å². The number of benzene rings is 1. The number of nitrogens with zero attached hydrogens (tertiary/aromatic N) is 1. The number of aliphatic hydroxyl groups is 1. The molecule has 3 heteroatoms. The summed E-state index contributed by atoms with van der Waals surface area (Å²) in [6.45, 7) is 3.56. The van der Waals surface area contributed by atoms with E-state index in [1.165, 1.54) is 7.11 Å². The summed E-state index contributed by atoms with van der Waals surface area (Å²) in [6, 6.07) is 7.42. The summed E-state index contributed by atoms with van der Waals surface area (Å²) in [7, 11) is 1.53. The van der Waals surface area contributed by atoms with Gasteiger partial charge in [0.05, 0.1) is 18.8 Å². The summed E-state index contributed by atoms with van der Waals surface area (Å²) in [5, 5.41) is 18.3. The number of nitriles is 1. The fraction of sp³-hybridized carbons (Fsp3) is 0.308. The van der Waals surface area contributed by atoms with Crippen molar-refractivity contribution in [2.75, 3.05) is 7.11 Å². The molecule has 0 aliphatic rings. The zero-order valence-corrected chi connectivity index (χ0v) is 9.69. The van der Waals surface area contributed by atoms with E-state index >= 15 is 0 Å². The van der Waals surface area contributed by atoms with Crippen molar-refractivity contribution in [2.45, 2.75) is 20.0 Å². The van der Waals surface area contributed by atoms with Crippen LogP contribution in [0.25, 0.3) is 6.08 Å². The minimum Gasteiger partial charge on any atom is -0.495 e. The molecule has 0 aliphatic heterocycles. The fourth-order valence-corrected chi connectivity index (χ4v) is 1.29. The number of hydrogen-bond acceptors (Lipinski definition) is 3. The van der Waals surface area contributed by atoms with E-state index in [4.69, 9.17) is 10.00 Å². The second-order valence-corrected chi connectivity index (χ2v) is 3.64. The zero-order chi connectivity index (χ0) is 12.1. The summed E-state index contributed by atoms with van der Waals surface area (Å²) in [6.07, 6.45) is 1.37. The maximum Gasteiger partial charge on any atom is 0.136 e. The normalized spacial score (nSPS) is 13.1. The summed E-state index contributed by atoms with van der Waals surface area (Å²) in [4.78, 5) is 0. The van der Waals surface area contributed by atoms with Gasteiger partial charge in [-0.25, -0.2) is 0 Å². The van der Waals surface area contributed by atoms with Crippen LogP contribution < -0.4 is 4.74 Å². The van der Waals surface area contributed by atoms with Crippen LogP contribution in [0.5, 0.6) is 5.75 Å². The fourth-order valence-electron chi connectivity index (χ4n) is 1.29. The third kappa shape index (κ3) is 2.85. The number of methoxy groups -OCH3 is 1. The highest BCUT2D eigenvalue weighted by Gasteiger charge is 2.03. The van der Waals surface area contributed by atoms with Crippen molar-refractivity contribution in [3.63, 3.8) is 0 Å². The lowest BCUT2D eigenvalue weighted by atomic mass is 10.1. The summed E-state index contributed by atoms with van der Waals surface area (Å²) in [5.74, 6) is 0.564. The van der Waals surface area contributed by atoms with Crippen molar-refractivity contribution in [3.05, 3.63) is 34.9 Å². The monoisotopic (exact) mass is 217 g/mol. The molecule has 0 spiro atoms. The van der Waals surface area contributed by atoms with Gasteiger partial charge in [0.2, 0.25) is 0 Å². The smallest absolute Gasteiger partial charge is 0.136 e. The molecule has 1 atom stereocenters. The highest BCUT2D eigenvalue weighted by Crippen LogP contribution is 2.20. The van der Waals surface area contributed by atoms with Crippen molar-refractivity contribution >= 4 is 6.08 Å². The van der Waals surface area contributed by atoms with Crippen molar-refractivity contribution in [3.8, 4) is 11.8 Å². The molecule has 0 heterocycles. The molecule has 84 valence electrons. The first-order chi connectivity index (χ1) is 7.58. The van der Waals surface area contributed by atoms with Crippen LogP contribution in [0.4, 0.5) is 0 Å². The first kappa shape index (κ1) is 12.3. The third-order valence-corrected chi connectivity index (χ3v) is 2.40. The molecule has 1 N–H and O–H groups in total. The Balaban J connectivity index is 3.10. The average molecular weight is 217 g/mol. The molecule has 1 aromatic carbocycles. The number of rotatable bonds is 3. The predicted molar refractivity (Wildman–Crippen MR) is 63.0 cm³/mol. The quantitative estimate of drug-likeness (QED) is 0.845. The molecule has 0 saturated heterocycles. The molecule has 0 radical (unpaired) electrons. The molecule has 0 amide bonds. The molecule has 0 aliphatic carbocycles. The van der Waals surface area contributed by atoms with E-state index < -0.39 is 6.10 Å². The van der Waals surface area contributed by atoms with Crippen LogP contribution in [0.1, 0.15) is 25.0 Å². The molecule has 0 aromatic heterocycles. The van der Waals surface area contributed by atoms with Crippen LogP contribution in [0.3, 0.4) is 0 Å². The van der Waals surface area contributed by atoms with E-state index in [2.05, 4.69) is 6.07 Å². The van der Waals surface area contributed by atoms with Crippen molar-refractivity contribution in [2.24, 2.45) is 0 Å². The first-order valence-electron chi connectivity index (χ1n) is 5.03. The van der Waals surface area contributed by atoms with Gasteiger partial charge in [-0.2, -0.15) is 5.26 Å². The molecule has 1 aromatic rings. The van der Waals surface area contributed by atoms with Gasteiger partial charge in [0.15, 0.2) is 0 Å². The molecule has 16 heavy (non-hydrogen) atoms. The summed E-state index contributed by atoms with van der Waals surface area (Å²) in [5.41, 5.74) is 2.24. The van der Waals surface area contributed by atoms with Crippen molar-refractivity contribution in [1.29, 1.82) is 5.26 Å². The van der Waals surface area contributed by atoms with E-state index in [9.17, 15) is 5.11 Å². The maximum atomic E-state index is 9.35. The van der Waals surface area contributed by atoms with Gasteiger partial charge in [-0.05, 0) is 37.1 Å². The van der Waals surface area contributed by atoms with E-state index in [1.807, 2.05) is 19.1 Å². The minimum atomic E-state index is -0.479. The molecule has 1 rings (SSSR count). The highest BCUT2D eigenvalue weighted by molar-refractivity contribution is 5.58. The lowest BCUT2D eigenvalue weighted by molar-refractivity contribution is 0.232. The molecular weight excluding hydrogens is 202 g/mol. The third-order valence-electron chi connectivity index (χ3n) is 2.40. The maximum absolute atomic E-state index is 9.35. The van der Waals surface area contributed by atoms with Gasteiger partial charge in [0.25, 0.3) is 0 Å². The Morgan fingerprint density at radius 3 is 2.75 bits per heavy atom. The Morgan fingerprint density at radius 1 is 1.56 bits per heavy atom. The molecule has 0 saturated carbocycles. The number of ether oxygens (including phenoxy) is 1.